The van der Waals surface area contributed by atoms with Crippen molar-refractivity contribution >= 4 is 62.4 Å². The zero-order valence-electron chi connectivity index (χ0n) is 14.1. The van der Waals surface area contributed by atoms with Crippen molar-refractivity contribution in [2.45, 2.75) is 6.42 Å². The van der Waals surface area contributed by atoms with E-state index in [2.05, 4.69) is 49.2 Å². The summed E-state index contributed by atoms with van der Waals surface area (Å²) in [6, 6.07) is 10.7. The number of hydrogen-bond acceptors (Lipinski definition) is 4. The lowest BCUT2D eigenvalue weighted by molar-refractivity contribution is -0.123. The molecule has 0 aromatic heterocycles. The summed E-state index contributed by atoms with van der Waals surface area (Å²) in [5.41, 5.74) is 2.61. The van der Waals surface area contributed by atoms with Gasteiger partial charge in [-0.25, -0.2) is 4.79 Å². The summed E-state index contributed by atoms with van der Waals surface area (Å²) in [7, 11) is 1.57. The molecule has 1 heterocycles. The maximum Gasteiger partial charge on any atom is 0.328 e. The SMILES string of the molecule is COc1cc(C=C2C(=O)NC(=O)NC2=O)cc(I)c1Cc1ccccc1Br. The number of benzene rings is 2. The van der Waals surface area contributed by atoms with E-state index in [0.717, 1.165) is 19.2 Å². The molecular weight excluding hydrogens is 527 g/mol. The molecule has 1 aliphatic heterocycles. The van der Waals surface area contributed by atoms with Gasteiger partial charge in [0.25, 0.3) is 11.8 Å². The summed E-state index contributed by atoms with van der Waals surface area (Å²) in [6.45, 7) is 0. The molecule has 1 saturated heterocycles. The quantitative estimate of drug-likeness (QED) is 0.354. The number of halogens is 2. The number of carbonyl (C=O) groups is 3. The number of methoxy groups -OCH3 is 1. The molecule has 0 unspecified atom stereocenters. The van der Waals surface area contributed by atoms with Crippen LogP contribution in [0.1, 0.15) is 16.7 Å². The molecule has 138 valence electrons. The molecule has 2 aromatic carbocycles. The Labute approximate surface area is 177 Å². The maximum absolute atomic E-state index is 11.9. The highest BCUT2D eigenvalue weighted by molar-refractivity contribution is 14.1. The van der Waals surface area contributed by atoms with Crippen molar-refractivity contribution in [2.75, 3.05) is 7.11 Å². The minimum absolute atomic E-state index is 0.133. The lowest BCUT2D eigenvalue weighted by Gasteiger charge is -2.16. The van der Waals surface area contributed by atoms with Gasteiger partial charge in [-0.2, -0.15) is 0 Å². The molecule has 2 N–H and O–H groups in total. The zero-order valence-corrected chi connectivity index (χ0v) is 17.9. The van der Waals surface area contributed by atoms with Gasteiger partial charge in [0, 0.05) is 20.0 Å². The molecule has 8 heteroatoms. The van der Waals surface area contributed by atoms with Crippen molar-refractivity contribution in [3.63, 3.8) is 0 Å². The zero-order chi connectivity index (χ0) is 19.6. The number of ether oxygens (including phenoxy) is 1. The summed E-state index contributed by atoms with van der Waals surface area (Å²) in [4.78, 5) is 35.0. The van der Waals surface area contributed by atoms with E-state index in [1.807, 2.05) is 30.3 Å². The standard InChI is InChI=1S/C19H14BrIN2O4/c1-27-16-8-10(6-13-17(24)22-19(26)23-18(13)25)7-15(21)12(16)9-11-4-2-3-5-14(11)20/h2-8H,9H2,1H3,(H2,22,23,24,25,26). The van der Waals surface area contributed by atoms with Crippen LogP contribution in [0.25, 0.3) is 6.08 Å². The van der Waals surface area contributed by atoms with Crippen molar-refractivity contribution in [2.24, 2.45) is 0 Å². The Morgan fingerprint density at radius 3 is 2.41 bits per heavy atom. The minimum Gasteiger partial charge on any atom is -0.496 e. The van der Waals surface area contributed by atoms with Crippen molar-refractivity contribution in [3.05, 3.63) is 66.7 Å². The summed E-state index contributed by atoms with van der Waals surface area (Å²) < 4.78 is 7.48. The van der Waals surface area contributed by atoms with Gasteiger partial charge < -0.3 is 4.74 Å². The molecule has 0 aliphatic carbocycles. The van der Waals surface area contributed by atoms with Gasteiger partial charge in [0.2, 0.25) is 0 Å². The van der Waals surface area contributed by atoms with Gasteiger partial charge >= 0.3 is 6.03 Å². The normalized spacial score (nSPS) is 13.9. The number of rotatable bonds is 4. The number of nitrogens with one attached hydrogen (secondary N) is 2. The Hall–Kier alpha value is -2.20. The Morgan fingerprint density at radius 1 is 1.11 bits per heavy atom. The molecule has 4 amide bonds. The number of amides is 4. The van der Waals surface area contributed by atoms with Gasteiger partial charge in [0.15, 0.2) is 0 Å². The van der Waals surface area contributed by atoms with E-state index in [1.165, 1.54) is 6.08 Å². The number of imide groups is 2. The van der Waals surface area contributed by atoms with Crippen molar-refractivity contribution in [1.82, 2.24) is 10.6 Å². The highest BCUT2D eigenvalue weighted by atomic mass is 127. The predicted octanol–water partition coefficient (Wildman–Crippen LogP) is 3.40. The second-order valence-electron chi connectivity index (χ2n) is 5.75. The molecule has 0 radical (unpaired) electrons. The van der Waals surface area contributed by atoms with Gasteiger partial charge in [-0.1, -0.05) is 34.1 Å². The molecular formula is C19H14BrIN2O4. The number of urea groups is 1. The second-order valence-corrected chi connectivity index (χ2v) is 7.76. The lowest BCUT2D eigenvalue weighted by Crippen LogP contribution is -2.51. The second kappa shape index (κ2) is 8.22. The van der Waals surface area contributed by atoms with E-state index in [1.54, 1.807) is 13.2 Å². The van der Waals surface area contributed by atoms with E-state index in [-0.39, 0.29) is 5.57 Å². The fourth-order valence-electron chi connectivity index (χ4n) is 2.67. The van der Waals surface area contributed by atoms with Gasteiger partial charge in [0.05, 0.1) is 7.11 Å². The van der Waals surface area contributed by atoms with E-state index in [0.29, 0.717) is 17.7 Å². The van der Waals surface area contributed by atoms with Crippen molar-refractivity contribution in [1.29, 1.82) is 0 Å². The highest BCUT2D eigenvalue weighted by Crippen LogP contribution is 2.31. The first-order valence-corrected chi connectivity index (χ1v) is 9.74. The molecule has 27 heavy (non-hydrogen) atoms. The lowest BCUT2D eigenvalue weighted by atomic mass is 10.0. The van der Waals surface area contributed by atoms with Crippen LogP contribution in [0.3, 0.4) is 0 Å². The van der Waals surface area contributed by atoms with Crippen LogP contribution >= 0.6 is 38.5 Å². The first kappa shape index (κ1) is 19.6. The smallest absolute Gasteiger partial charge is 0.328 e. The predicted molar refractivity (Wildman–Crippen MR) is 112 cm³/mol. The van der Waals surface area contributed by atoms with Crippen LogP contribution in [0.4, 0.5) is 4.79 Å². The van der Waals surface area contributed by atoms with E-state index < -0.39 is 17.8 Å². The topological polar surface area (TPSA) is 84.5 Å². The molecule has 2 aromatic rings. The highest BCUT2D eigenvalue weighted by Gasteiger charge is 2.27. The van der Waals surface area contributed by atoms with Crippen LogP contribution in [-0.2, 0) is 16.0 Å². The molecule has 0 saturated carbocycles. The van der Waals surface area contributed by atoms with Crippen LogP contribution in [0.15, 0.2) is 46.4 Å². The fourth-order valence-corrected chi connectivity index (χ4v) is 3.91. The number of carbonyl (C=O) groups excluding carboxylic acids is 3. The summed E-state index contributed by atoms with van der Waals surface area (Å²) in [6.07, 6.45) is 2.10. The van der Waals surface area contributed by atoms with E-state index in [4.69, 9.17) is 4.74 Å². The molecule has 0 atom stereocenters. The van der Waals surface area contributed by atoms with Gasteiger partial charge in [-0.3, -0.25) is 20.2 Å². The van der Waals surface area contributed by atoms with Gasteiger partial charge in [0.1, 0.15) is 11.3 Å². The first-order valence-electron chi connectivity index (χ1n) is 7.87. The average Bonchev–Trinajstić information content (AvgIpc) is 2.61. The molecule has 6 nitrogen and oxygen atoms in total. The summed E-state index contributed by atoms with van der Waals surface area (Å²) in [5, 5.41) is 4.11. The van der Waals surface area contributed by atoms with Gasteiger partial charge in [-0.05, 0) is 58.0 Å². The average molecular weight is 541 g/mol. The molecule has 0 spiro atoms. The molecule has 3 rings (SSSR count). The Kier molecular flexibility index (Phi) is 5.95. The van der Waals surface area contributed by atoms with E-state index in [9.17, 15) is 14.4 Å². The first-order chi connectivity index (χ1) is 12.9. The van der Waals surface area contributed by atoms with E-state index >= 15 is 0 Å². The number of hydrogen-bond donors (Lipinski definition) is 2. The maximum atomic E-state index is 11.9. The third-order valence-corrected chi connectivity index (χ3v) is 5.71. The Morgan fingerprint density at radius 2 is 1.78 bits per heavy atom. The molecule has 1 aliphatic rings. The Bertz CT molecular complexity index is 966. The van der Waals surface area contributed by atoms with Crippen LogP contribution in [0.5, 0.6) is 5.75 Å². The van der Waals surface area contributed by atoms with Crippen LogP contribution in [0, 0.1) is 3.57 Å². The fraction of sp³-hybridized carbons (Fsp3) is 0.105. The monoisotopic (exact) mass is 540 g/mol. The van der Waals surface area contributed by atoms with Crippen molar-refractivity contribution in [3.8, 4) is 5.75 Å². The third-order valence-electron chi connectivity index (χ3n) is 3.98. The third kappa shape index (κ3) is 4.38. The van der Waals surface area contributed by atoms with Gasteiger partial charge in [-0.15, -0.1) is 0 Å². The summed E-state index contributed by atoms with van der Waals surface area (Å²) >= 11 is 5.76. The van der Waals surface area contributed by atoms with Crippen LogP contribution in [-0.4, -0.2) is 25.0 Å². The van der Waals surface area contributed by atoms with Crippen LogP contribution < -0.4 is 15.4 Å². The minimum atomic E-state index is -0.821. The van der Waals surface area contributed by atoms with Crippen LogP contribution in [0.2, 0.25) is 0 Å². The van der Waals surface area contributed by atoms with Crippen molar-refractivity contribution < 1.29 is 19.1 Å². The Balaban J connectivity index is 1.98. The molecule has 1 fully saturated rings. The number of barbiturate groups is 1. The molecule has 0 bridgehead atoms. The summed E-state index contributed by atoms with van der Waals surface area (Å²) in [5.74, 6) is -0.803. The largest absolute Gasteiger partial charge is 0.496 e.